The molecule has 2 fully saturated rings. The van der Waals surface area contributed by atoms with Crippen molar-refractivity contribution in [3.05, 3.63) is 59.2 Å². The normalized spacial score (nSPS) is 20.1. The van der Waals surface area contributed by atoms with E-state index in [-0.39, 0.29) is 5.97 Å². The molecule has 2 aromatic rings. The number of benzene rings is 2. The van der Waals surface area contributed by atoms with Crippen LogP contribution < -0.4 is 5.32 Å². The lowest BCUT2D eigenvalue weighted by atomic mass is 9.89. The number of unbranched alkanes of at least 4 members (excludes halogenated alkanes) is 1. The molecule has 148 valence electrons. The Balaban J connectivity index is 1.45. The maximum absolute atomic E-state index is 12.2. The number of aryl methyl sites for hydroxylation is 1. The Hall–Kier alpha value is -2.13. The third kappa shape index (κ3) is 3.86. The second-order valence-electron chi connectivity index (χ2n) is 8.51. The van der Waals surface area contributed by atoms with Crippen molar-refractivity contribution in [1.29, 1.82) is 0 Å². The molecule has 4 rings (SSSR count). The average Bonchev–Trinajstić information content (AvgIpc) is 3.41. The molecule has 1 aliphatic carbocycles. The van der Waals surface area contributed by atoms with E-state index in [9.17, 15) is 4.79 Å². The monoisotopic (exact) mass is 377 g/mol. The average molecular weight is 378 g/mol. The van der Waals surface area contributed by atoms with Crippen LogP contribution in [0.25, 0.3) is 11.1 Å². The molecule has 1 aliphatic heterocycles. The predicted molar refractivity (Wildman–Crippen MR) is 114 cm³/mol. The van der Waals surface area contributed by atoms with Crippen molar-refractivity contribution >= 4 is 5.97 Å². The molecule has 1 atom stereocenters. The fourth-order valence-electron chi connectivity index (χ4n) is 4.70. The van der Waals surface area contributed by atoms with Gasteiger partial charge in [0.15, 0.2) is 0 Å². The SMILES string of the molecule is CCCCOC(=O)c1ccc(-c2ccc([C@H]3CC34CCNCC4)cc2)c(C)c1. The van der Waals surface area contributed by atoms with Gasteiger partial charge in [-0.25, -0.2) is 4.79 Å². The van der Waals surface area contributed by atoms with Gasteiger partial charge in [-0.1, -0.05) is 43.7 Å². The van der Waals surface area contributed by atoms with Crippen molar-refractivity contribution in [2.24, 2.45) is 5.41 Å². The van der Waals surface area contributed by atoms with Gasteiger partial charge in [-0.05, 0) is 91.4 Å². The largest absolute Gasteiger partial charge is 0.462 e. The molecule has 0 radical (unpaired) electrons. The Kier molecular flexibility index (Phi) is 5.54. The number of piperidine rings is 1. The summed E-state index contributed by atoms with van der Waals surface area (Å²) in [4.78, 5) is 12.2. The molecule has 0 aromatic heterocycles. The fourth-order valence-corrected chi connectivity index (χ4v) is 4.70. The van der Waals surface area contributed by atoms with Crippen molar-refractivity contribution < 1.29 is 9.53 Å². The first-order valence-electron chi connectivity index (χ1n) is 10.7. The van der Waals surface area contributed by atoms with E-state index >= 15 is 0 Å². The summed E-state index contributed by atoms with van der Waals surface area (Å²) in [6.07, 6.45) is 5.92. The van der Waals surface area contributed by atoms with E-state index in [0.717, 1.165) is 24.3 Å². The summed E-state index contributed by atoms with van der Waals surface area (Å²) in [7, 11) is 0. The van der Waals surface area contributed by atoms with Crippen LogP contribution in [0.2, 0.25) is 0 Å². The fraction of sp³-hybridized carbons (Fsp3) is 0.480. The zero-order chi connectivity index (χ0) is 19.6. The zero-order valence-corrected chi connectivity index (χ0v) is 17.1. The number of hydrogen-bond donors (Lipinski definition) is 1. The van der Waals surface area contributed by atoms with Crippen LogP contribution >= 0.6 is 0 Å². The molecule has 1 heterocycles. The van der Waals surface area contributed by atoms with Gasteiger partial charge in [-0.3, -0.25) is 0 Å². The second-order valence-corrected chi connectivity index (χ2v) is 8.51. The second kappa shape index (κ2) is 8.08. The molecule has 2 aromatic carbocycles. The van der Waals surface area contributed by atoms with Crippen molar-refractivity contribution in [3.63, 3.8) is 0 Å². The smallest absolute Gasteiger partial charge is 0.338 e. The summed E-state index contributed by atoms with van der Waals surface area (Å²) in [5.74, 6) is 0.518. The number of ether oxygens (including phenoxy) is 1. The number of rotatable bonds is 6. The van der Waals surface area contributed by atoms with Gasteiger partial charge in [-0.2, -0.15) is 0 Å². The summed E-state index contributed by atoms with van der Waals surface area (Å²) in [6.45, 7) is 6.99. The molecule has 3 heteroatoms. The first-order chi connectivity index (χ1) is 13.6. The first-order valence-corrected chi connectivity index (χ1v) is 10.7. The molecular weight excluding hydrogens is 346 g/mol. The highest BCUT2D eigenvalue weighted by Gasteiger charge is 2.54. The van der Waals surface area contributed by atoms with Gasteiger partial charge in [0.25, 0.3) is 0 Å². The van der Waals surface area contributed by atoms with E-state index in [4.69, 9.17) is 4.74 Å². The minimum absolute atomic E-state index is 0.223. The topological polar surface area (TPSA) is 38.3 Å². The molecule has 1 N–H and O–H groups in total. The molecule has 1 saturated heterocycles. The van der Waals surface area contributed by atoms with E-state index in [1.165, 1.54) is 49.0 Å². The Morgan fingerprint density at radius 3 is 2.57 bits per heavy atom. The Labute approximate surface area is 168 Å². The highest BCUT2D eigenvalue weighted by molar-refractivity contribution is 5.90. The lowest BCUT2D eigenvalue weighted by Gasteiger charge is -2.23. The van der Waals surface area contributed by atoms with Crippen LogP contribution in [-0.2, 0) is 4.74 Å². The van der Waals surface area contributed by atoms with Crippen LogP contribution in [0, 0.1) is 12.3 Å². The number of esters is 1. The maximum atomic E-state index is 12.2. The Morgan fingerprint density at radius 2 is 1.89 bits per heavy atom. The van der Waals surface area contributed by atoms with Crippen molar-refractivity contribution in [2.75, 3.05) is 19.7 Å². The van der Waals surface area contributed by atoms with Gasteiger partial charge in [-0.15, -0.1) is 0 Å². The molecule has 28 heavy (non-hydrogen) atoms. The number of nitrogens with one attached hydrogen (secondary N) is 1. The lowest BCUT2D eigenvalue weighted by molar-refractivity contribution is 0.0499. The molecule has 3 nitrogen and oxygen atoms in total. The maximum Gasteiger partial charge on any atom is 0.338 e. The third-order valence-electron chi connectivity index (χ3n) is 6.61. The molecule has 0 unspecified atom stereocenters. The zero-order valence-electron chi connectivity index (χ0n) is 17.1. The van der Waals surface area contributed by atoms with E-state index in [1.807, 2.05) is 18.2 Å². The Morgan fingerprint density at radius 1 is 1.14 bits per heavy atom. The molecule has 0 amide bonds. The van der Waals surface area contributed by atoms with Gasteiger partial charge in [0, 0.05) is 0 Å². The number of hydrogen-bond acceptors (Lipinski definition) is 3. The van der Waals surface area contributed by atoms with Crippen LogP contribution in [-0.4, -0.2) is 25.7 Å². The lowest BCUT2D eigenvalue weighted by Crippen LogP contribution is -2.29. The van der Waals surface area contributed by atoms with Crippen LogP contribution in [0.4, 0.5) is 0 Å². The summed E-state index contributed by atoms with van der Waals surface area (Å²) < 4.78 is 5.33. The van der Waals surface area contributed by atoms with Crippen molar-refractivity contribution in [3.8, 4) is 11.1 Å². The molecule has 2 aliphatic rings. The minimum atomic E-state index is -0.223. The van der Waals surface area contributed by atoms with Crippen molar-refractivity contribution in [2.45, 2.75) is 51.9 Å². The quantitative estimate of drug-likeness (QED) is 0.535. The van der Waals surface area contributed by atoms with E-state index in [0.29, 0.717) is 17.6 Å². The van der Waals surface area contributed by atoms with E-state index < -0.39 is 0 Å². The highest BCUT2D eigenvalue weighted by Crippen LogP contribution is 2.64. The van der Waals surface area contributed by atoms with Gasteiger partial charge < -0.3 is 10.1 Å². The summed E-state index contributed by atoms with van der Waals surface area (Å²) in [6, 6.07) is 15.0. The van der Waals surface area contributed by atoms with E-state index in [1.54, 1.807) is 0 Å². The standard InChI is InChI=1S/C25H31NO2/c1-3-4-15-28-24(27)21-9-10-22(18(2)16-21)19-5-7-20(8-6-19)23-17-25(23)11-13-26-14-12-25/h5-10,16,23,26H,3-4,11-15,17H2,1-2H3/t23-/m1/s1. The number of carbonyl (C=O) groups excluding carboxylic acids is 1. The number of carbonyl (C=O) groups is 1. The van der Waals surface area contributed by atoms with Crippen LogP contribution in [0.5, 0.6) is 0 Å². The predicted octanol–water partition coefficient (Wildman–Crippen LogP) is 5.48. The van der Waals surface area contributed by atoms with Crippen LogP contribution in [0.15, 0.2) is 42.5 Å². The first kappa shape index (κ1) is 19.2. The molecule has 1 spiro atoms. The highest BCUT2D eigenvalue weighted by atomic mass is 16.5. The van der Waals surface area contributed by atoms with E-state index in [2.05, 4.69) is 43.4 Å². The summed E-state index contributed by atoms with van der Waals surface area (Å²) in [5.41, 5.74) is 6.21. The van der Waals surface area contributed by atoms with Crippen LogP contribution in [0.3, 0.4) is 0 Å². The van der Waals surface area contributed by atoms with Gasteiger partial charge in [0.05, 0.1) is 12.2 Å². The van der Waals surface area contributed by atoms with Gasteiger partial charge in [0.1, 0.15) is 0 Å². The third-order valence-corrected chi connectivity index (χ3v) is 6.61. The van der Waals surface area contributed by atoms with Gasteiger partial charge >= 0.3 is 5.97 Å². The van der Waals surface area contributed by atoms with Crippen molar-refractivity contribution in [1.82, 2.24) is 5.32 Å². The summed E-state index contributed by atoms with van der Waals surface area (Å²) in [5, 5.41) is 3.48. The van der Waals surface area contributed by atoms with Crippen LogP contribution in [0.1, 0.15) is 66.4 Å². The molecular formula is C25H31NO2. The molecule has 1 saturated carbocycles. The molecule has 0 bridgehead atoms. The minimum Gasteiger partial charge on any atom is -0.462 e. The Bertz CT molecular complexity index is 834. The van der Waals surface area contributed by atoms with Gasteiger partial charge in [0.2, 0.25) is 0 Å². The summed E-state index contributed by atoms with van der Waals surface area (Å²) >= 11 is 0.